The highest BCUT2D eigenvalue weighted by Gasteiger charge is 2.24. The maximum atomic E-state index is 13.0. The van der Waals surface area contributed by atoms with E-state index in [9.17, 15) is 4.79 Å². The van der Waals surface area contributed by atoms with Crippen LogP contribution in [0.3, 0.4) is 0 Å². The molecule has 6 nitrogen and oxygen atoms in total. The van der Waals surface area contributed by atoms with Crippen molar-refractivity contribution in [1.82, 2.24) is 0 Å². The Balaban J connectivity index is 1.91. The summed E-state index contributed by atoms with van der Waals surface area (Å²) in [7, 11) is 4.51. The van der Waals surface area contributed by atoms with E-state index in [4.69, 9.17) is 30.8 Å². The summed E-state index contributed by atoms with van der Waals surface area (Å²) in [5.41, 5.74) is 2.91. The first-order valence-corrected chi connectivity index (χ1v) is 9.52. The maximum Gasteiger partial charge on any atom is 0.261 e. The van der Waals surface area contributed by atoms with Gasteiger partial charge in [-0.1, -0.05) is 48.0 Å². The average Bonchev–Trinajstić information content (AvgIpc) is 2.78. The standard InChI is InChI=1S/C23H22ClNO5/c1-27-20-13-10-16(14-21(20)28-2)18-6-4-5-7-19(18)25-23(26)22(30-29-3)15-8-11-17(24)12-9-15/h4-14,22H,1-3H3,(H,25,26). The first-order chi connectivity index (χ1) is 14.6. The number of anilines is 1. The summed E-state index contributed by atoms with van der Waals surface area (Å²) in [4.78, 5) is 23.0. The number of ether oxygens (including phenoxy) is 2. The third kappa shape index (κ3) is 4.91. The summed E-state index contributed by atoms with van der Waals surface area (Å²) in [5, 5.41) is 3.49. The number of hydrogen-bond donors (Lipinski definition) is 1. The van der Waals surface area contributed by atoms with Gasteiger partial charge in [0.25, 0.3) is 5.91 Å². The fraction of sp³-hybridized carbons (Fsp3) is 0.174. The van der Waals surface area contributed by atoms with Crippen LogP contribution in [0.15, 0.2) is 66.7 Å². The summed E-state index contributed by atoms with van der Waals surface area (Å²) in [6.07, 6.45) is -0.967. The second-order valence-corrected chi connectivity index (χ2v) is 6.74. The first kappa shape index (κ1) is 21.6. The minimum Gasteiger partial charge on any atom is -0.493 e. The van der Waals surface area contributed by atoms with Crippen molar-refractivity contribution in [2.75, 3.05) is 26.6 Å². The maximum absolute atomic E-state index is 13.0. The highest BCUT2D eigenvalue weighted by molar-refractivity contribution is 6.30. The minimum absolute atomic E-state index is 0.382. The fourth-order valence-corrected chi connectivity index (χ4v) is 3.16. The van der Waals surface area contributed by atoms with E-state index in [0.717, 1.165) is 11.1 Å². The molecule has 156 valence electrons. The summed E-state index contributed by atoms with van der Waals surface area (Å²) in [5.74, 6) is 0.837. The zero-order valence-electron chi connectivity index (χ0n) is 16.8. The van der Waals surface area contributed by atoms with Gasteiger partial charge in [0, 0.05) is 16.3 Å². The summed E-state index contributed by atoms with van der Waals surface area (Å²) < 4.78 is 10.7. The van der Waals surface area contributed by atoms with Crippen molar-refractivity contribution in [2.45, 2.75) is 6.10 Å². The number of nitrogens with one attached hydrogen (secondary N) is 1. The molecular formula is C23H22ClNO5. The predicted molar refractivity (Wildman–Crippen MR) is 116 cm³/mol. The van der Waals surface area contributed by atoms with Gasteiger partial charge in [0.05, 0.1) is 21.3 Å². The number of rotatable bonds is 8. The van der Waals surface area contributed by atoms with Crippen LogP contribution < -0.4 is 14.8 Å². The Bertz CT molecular complexity index is 1010. The zero-order chi connectivity index (χ0) is 21.5. The molecule has 1 N–H and O–H groups in total. The molecule has 0 aliphatic heterocycles. The molecular weight excluding hydrogens is 406 g/mol. The molecule has 0 aliphatic carbocycles. The van der Waals surface area contributed by atoms with E-state index < -0.39 is 6.10 Å². The Hall–Kier alpha value is -3.06. The third-order valence-corrected chi connectivity index (χ3v) is 4.73. The summed E-state index contributed by atoms with van der Waals surface area (Å²) >= 11 is 5.95. The monoisotopic (exact) mass is 427 g/mol. The lowest BCUT2D eigenvalue weighted by Crippen LogP contribution is -2.23. The molecule has 3 rings (SSSR count). The molecule has 30 heavy (non-hydrogen) atoms. The molecule has 0 spiro atoms. The minimum atomic E-state index is -0.967. The van der Waals surface area contributed by atoms with Crippen molar-refractivity contribution in [2.24, 2.45) is 0 Å². The van der Waals surface area contributed by atoms with Gasteiger partial charge in [-0.05, 0) is 41.5 Å². The highest BCUT2D eigenvalue weighted by atomic mass is 35.5. The van der Waals surface area contributed by atoms with Crippen LogP contribution in [0.4, 0.5) is 5.69 Å². The topological polar surface area (TPSA) is 66.0 Å². The number of methoxy groups -OCH3 is 2. The number of carbonyl (C=O) groups excluding carboxylic acids is 1. The number of amides is 1. The van der Waals surface area contributed by atoms with Gasteiger partial charge in [0.1, 0.15) is 0 Å². The Morgan fingerprint density at radius 1 is 0.900 bits per heavy atom. The van der Waals surface area contributed by atoms with Gasteiger partial charge < -0.3 is 14.8 Å². The van der Waals surface area contributed by atoms with E-state index in [1.54, 1.807) is 38.5 Å². The second kappa shape index (κ2) is 10.1. The van der Waals surface area contributed by atoms with Gasteiger partial charge in [-0.2, -0.15) is 0 Å². The smallest absolute Gasteiger partial charge is 0.261 e. The van der Waals surface area contributed by atoms with Crippen molar-refractivity contribution in [3.63, 3.8) is 0 Å². The molecule has 7 heteroatoms. The van der Waals surface area contributed by atoms with Crippen molar-refractivity contribution >= 4 is 23.2 Å². The van der Waals surface area contributed by atoms with Gasteiger partial charge in [-0.25, -0.2) is 9.78 Å². The van der Waals surface area contributed by atoms with Gasteiger partial charge in [0.15, 0.2) is 17.6 Å². The molecule has 3 aromatic carbocycles. The fourth-order valence-electron chi connectivity index (χ4n) is 3.03. The molecule has 1 amide bonds. The van der Waals surface area contributed by atoms with Gasteiger partial charge in [0.2, 0.25) is 0 Å². The first-order valence-electron chi connectivity index (χ1n) is 9.14. The molecule has 0 radical (unpaired) electrons. The van der Waals surface area contributed by atoms with E-state index >= 15 is 0 Å². The van der Waals surface area contributed by atoms with Crippen molar-refractivity contribution in [3.8, 4) is 22.6 Å². The molecule has 0 aromatic heterocycles. The van der Waals surface area contributed by atoms with E-state index in [1.807, 2.05) is 42.5 Å². The molecule has 0 aliphatic rings. The van der Waals surface area contributed by atoms with E-state index in [2.05, 4.69) is 5.32 Å². The van der Waals surface area contributed by atoms with Crippen LogP contribution in [0.2, 0.25) is 5.02 Å². The van der Waals surface area contributed by atoms with Crippen LogP contribution in [0.1, 0.15) is 11.7 Å². The van der Waals surface area contributed by atoms with Gasteiger partial charge in [-0.15, -0.1) is 0 Å². The lowest BCUT2D eigenvalue weighted by molar-refractivity contribution is -0.298. The normalized spacial score (nSPS) is 11.6. The summed E-state index contributed by atoms with van der Waals surface area (Å²) in [6, 6.07) is 19.8. The Morgan fingerprint density at radius 3 is 2.27 bits per heavy atom. The molecule has 0 saturated carbocycles. The summed E-state index contributed by atoms with van der Waals surface area (Å²) in [6.45, 7) is 0. The van der Waals surface area contributed by atoms with Crippen LogP contribution >= 0.6 is 11.6 Å². The SMILES string of the molecule is COOC(C(=O)Nc1ccccc1-c1ccc(OC)c(OC)c1)c1ccc(Cl)cc1. The van der Waals surface area contributed by atoms with Gasteiger partial charge >= 0.3 is 0 Å². The second-order valence-electron chi connectivity index (χ2n) is 6.30. The molecule has 0 heterocycles. The lowest BCUT2D eigenvalue weighted by atomic mass is 10.0. The molecule has 1 unspecified atom stereocenters. The van der Waals surface area contributed by atoms with Crippen LogP contribution in [-0.4, -0.2) is 27.2 Å². The lowest BCUT2D eigenvalue weighted by Gasteiger charge is -2.18. The van der Waals surface area contributed by atoms with Crippen LogP contribution in [-0.2, 0) is 14.6 Å². The number of carbonyl (C=O) groups is 1. The molecule has 1 atom stereocenters. The van der Waals surface area contributed by atoms with Crippen molar-refractivity contribution in [3.05, 3.63) is 77.3 Å². The highest BCUT2D eigenvalue weighted by Crippen LogP contribution is 2.35. The third-order valence-electron chi connectivity index (χ3n) is 4.48. The largest absolute Gasteiger partial charge is 0.493 e. The number of halogens is 1. The molecule has 0 saturated heterocycles. The number of hydrogen-bond acceptors (Lipinski definition) is 5. The van der Waals surface area contributed by atoms with Crippen LogP contribution in [0.25, 0.3) is 11.1 Å². The Kier molecular flexibility index (Phi) is 7.30. The predicted octanol–water partition coefficient (Wildman–Crippen LogP) is 5.28. The molecule has 0 bridgehead atoms. The quantitative estimate of drug-likeness (QED) is 0.391. The van der Waals surface area contributed by atoms with Crippen molar-refractivity contribution < 1.29 is 24.0 Å². The van der Waals surface area contributed by atoms with E-state index in [-0.39, 0.29) is 5.91 Å². The van der Waals surface area contributed by atoms with Crippen LogP contribution in [0, 0.1) is 0 Å². The van der Waals surface area contributed by atoms with E-state index in [1.165, 1.54) is 7.11 Å². The molecule has 3 aromatic rings. The van der Waals surface area contributed by atoms with E-state index in [0.29, 0.717) is 27.8 Å². The Labute approximate surface area is 180 Å². The van der Waals surface area contributed by atoms with Gasteiger partial charge in [-0.3, -0.25) is 4.79 Å². The van der Waals surface area contributed by atoms with Crippen LogP contribution in [0.5, 0.6) is 11.5 Å². The average molecular weight is 428 g/mol. The zero-order valence-corrected chi connectivity index (χ0v) is 17.6. The number of para-hydroxylation sites is 1. The van der Waals surface area contributed by atoms with Crippen molar-refractivity contribution in [1.29, 1.82) is 0 Å². The molecule has 0 fully saturated rings. The Morgan fingerprint density at radius 2 is 1.60 bits per heavy atom. The number of benzene rings is 3.